The molecule has 0 atom stereocenters. The molecule has 7 heteroatoms. The summed E-state index contributed by atoms with van der Waals surface area (Å²) in [5.41, 5.74) is 3.11. The molecule has 4 nitrogen and oxygen atoms in total. The van der Waals surface area contributed by atoms with Crippen LogP contribution in [0.4, 0.5) is 14.5 Å². The van der Waals surface area contributed by atoms with Crippen LogP contribution in [0.2, 0.25) is 0 Å². The van der Waals surface area contributed by atoms with E-state index in [1.54, 1.807) is 6.20 Å². The molecule has 0 aliphatic carbocycles. The van der Waals surface area contributed by atoms with Crippen molar-refractivity contribution in [1.29, 1.82) is 0 Å². The van der Waals surface area contributed by atoms with E-state index in [4.69, 9.17) is 0 Å². The number of anilines is 1. The fourth-order valence-electron chi connectivity index (χ4n) is 2.61. The van der Waals surface area contributed by atoms with Gasteiger partial charge in [-0.05, 0) is 48.9 Å². The van der Waals surface area contributed by atoms with Gasteiger partial charge in [-0.1, -0.05) is 23.5 Å². The highest BCUT2D eigenvalue weighted by Crippen LogP contribution is 2.31. The van der Waals surface area contributed by atoms with Gasteiger partial charge in [-0.2, -0.15) is 0 Å². The van der Waals surface area contributed by atoms with E-state index in [1.165, 1.54) is 17.4 Å². The predicted molar refractivity (Wildman–Crippen MR) is 102 cm³/mol. The number of hydrogen-bond acceptors (Lipinski definition) is 4. The summed E-state index contributed by atoms with van der Waals surface area (Å²) in [5.74, 6) is -2.57. The van der Waals surface area contributed by atoms with Gasteiger partial charge in [0.05, 0.1) is 0 Å². The SMILES string of the molecule is Cc1ccc(-c2nc3cccnc3s2)cc1NC(=O)c1ccc(F)c(F)c1. The molecule has 0 unspecified atom stereocenters. The second kappa shape index (κ2) is 6.85. The Labute approximate surface area is 157 Å². The van der Waals surface area contributed by atoms with Crippen LogP contribution in [0, 0.1) is 18.6 Å². The van der Waals surface area contributed by atoms with Crippen LogP contribution in [0.25, 0.3) is 20.9 Å². The molecule has 4 aromatic rings. The number of fused-ring (bicyclic) bond motifs is 1. The molecule has 0 saturated carbocycles. The Hall–Kier alpha value is -3.19. The molecule has 1 amide bonds. The Kier molecular flexibility index (Phi) is 4.37. The van der Waals surface area contributed by atoms with E-state index < -0.39 is 17.5 Å². The van der Waals surface area contributed by atoms with Crippen molar-refractivity contribution in [2.75, 3.05) is 5.32 Å². The van der Waals surface area contributed by atoms with Gasteiger partial charge in [-0.25, -0.2) is 18.7 Å². The van der Waals surface area contributed by atoms with Crippen LogP contribution in [0.3, 0.4) is 0 Å². The number of benzene rings is 2. The van der Waals surface area contributed by atoms with E-state index >= 15 is 0 Å². The number of amides is 1. The zero-order valence-electron chi connectivity index (χ0n) is 14.2. The summed E-state index contributed by atoms with van der Waals surface area (Å²) in [6, 6.07) is 12.4. The number of hydrogen-bond donors (Lipinski definition) is 1. The number of aryl methyl sites for hydroxylation is 1. The monoisotopic (exact) mass is 381 g/mol. The standard InChI is InChI=1S/C20H13F2N3OS/c1-11-4-5-13(19-25-16-3-2-8-23-20(16)27-19)10-17(11)24-18(26)12-6-7-14(21)15(22)9-12/h2-10H,1H3,(H,24,26). The Morgan fingerprint density at radius 1 is 1.07 bits per heavy atom. The average molecular weight is 381 g/mol. The number of nitrogens with zero attached hydrogens (tertiary/aromatic N) is 2. The molecule has 134 valence electrons. The highest BCUT2D eigenvalue weighted by atomic mass is 32.1. The van der Waals surface area contributed by atoms with Crippen LogP contribution in [-0.4, -0.2) is 15.9 Å². The van der Waals surface area contributed by atoms with Crippen molar-refractivity contribution in [2.45, 2.75) is 6.92 Å². The number of halogens is 2. The van der Waals surface area contributed by atoms with E-state index in [9.17, 15) is 13.6 Å². The number of pyridine rings is 1. The maximum Gasteiger partial charge on any atom is 0.255 e. The summed E-state index contributed by atoms with van der Waals surface area (Å²) < 4.78 is 26.4. The minimum Gasteiger partial charge on any atom is -0.322 e. The number of thiazole rings is 1. The van der Waals surface area contributed by atoms with Gasteiger partial charge in [0.15, 0.2) is 11.6 Å². The molecule has 4 rings (SSSR count). The van der Waals surface area contributed by atoms with Crippen molar-refractivity contribution in [3.8, 4) is 10.6 Å². The van der Waals surface area contributed by atoms with Crippen molar-refractivity contribution in [2.24, 2.45) is 0 Å². The third-order valence-corrected chi connectivity index (χ3v) is 5.11. The fourth-order valence-corrected chi connectivity index (χ4v) is 3.52. The fraction of sp³-hybridized carbons (Fsp3) is 0.0500. The maximum atomic E-state index is 13.4. The van der Waals surface area contributed by atoms with Crippen molar-refractivity contribution in [3.05, 3.63) is 77.5 Å². The van der Waals surface area contributed by atoms with Crippen LogP contribution in [0.5, 0.6) is 0 Å². The number of rotatable bonds is 3. The quantitative estimate of drug-likeness (QED) is 0.531. The molecule has 27 heavy (non-hydrogen) atoms. The van der Waals surface area contributed by atoms with Gasteiger partial charge < -0.3 is 5.32 Å². The lowest BCUT2D eigenvalue weighted by molar-refractivity contribution is 0.102. The highest BCUT2D eigenvalue weighted by Gasteiger charge is 2.13. The molecule has 0 fully saturated rings. The number of nitrogens with one attached hydrogen (secondary N) is 1. The first-order valence-corrected chi connectivity index (χ1v) is 8.92. The molecule has 2 aromatic heterocycles. The minimum absolute atomic E-state index is 0.0443. The Bertz CT molecular complexity index is 1140. The van der Waals surface area contributed by atoms with Crippen LogP contribution in [0.1, 0.15) is 15.9 Å². The lowest BCUT2D eigenvalue weighted by atomic mass is 10.1. The third kappa shape index (κ3) is 3.41. The van der Waals surface area contributed by atoms with Crippen LogP contribution >= 0.6 is 11.3 Å². The molecule has 0 aliphatic rings. The molecule has 0 saturated heterocycles. The lowest BCUT2D eigenvalue weighted by Gasteiger charge is -2.10. The van der Waals surface area contributed by atoms with Crippen molar-refractivity contribution in [1.82, 2.24) is 9.97 Å². The smallest absolute Gasteiger partial charge is 0.255 e. The summed E-state index contributed by atoms with van der Waals surface area (Å²) in [7, 11) is 0. The second-order valence-corrected chi connectivity index (χ2v) is 6.94. The Morgan fingerprint density at radius 2 is 1.93 bits per heavy atom. The lowest BCUT2D eigenvalue weighted by Crippen LogP contribution is -2.13. The van der Waals surface area contributed by atoms with Gasteiger partial charge in [0, 0.05) is 23.0 Å². The predicted octanol–water partition coefficient (Wildman–Crippen LogP) is 5.20. The van der Waals surface area contributed by atoms with Gasteiger partial charge in [0.25, 0.3) is 5.91 Å². The molecule has 2 heterocycles. The molecule has 0 bridgehead atoms. The first-order valence-electron chi connectivity index (χ1n) is 8.10. The van der Waals surface area contributed by atoms with Crippen molar-refractivity contribution >= 4 is 33.3 Å². The normalized spacial score (nSPS) is 10.9. The molecule has 1 N–H and O–H groups in total. The molecule has 0 spiro atoms. The first-order chi connectivity index (χ1) is 13.0. The van der Waals surface area contributed by atoms with Gasteiger partial charge in [0.1, 0.15) is 15.4 Å². The molecule has 2 aromatic carbocycles. The van der Waals surface area contributed by atoms with Crippen molar-refractivity contribution in [3.63, 3.8) is 0 Å². The molecular weight excluding hydrogens is 368 g/mol. The van der Waals surface area contributed by atoms with E-state index in [0.29, 0.717) is 5.69 Å². The molecule has 0 radical (unpaired) electrons. The number of carbonyl (C=O) groups is 1. The van der Waals surface area contributed by atoms with E-state index in [0.717, 1.165) is 38.6 Å². The summed E-state index contributed by atoms with van der Waals surface area (Å²) in [5, 5.41) is 3.53. The third-order valence-electron chi connectivity index (χ3n) is 4.08. The number of carbonyl (C=O) groups excluding carboxylic acids is 1. The summed E-state index contributed by atoms with van der Waals surface area (Å²) in [6.07, 6.45) is 1.72. The van der Waals surface area contributed by atoms with Gasteiger partial charge in [-0.3, -0.25) is 4.79 Å². The maximum absolute atomic E-state index is 13.4. The Balaban J connectivity index is 1.66. The zero-order chi connectivity index (χ0) is 19.0. The summed E-state index contributed by atoms with van der Waals surface area (Å²) in [4.78, 5) is 22.1. The zero-order valence-corrected chi connectivity index (χ0v) is 15.0. The topological polar surface area (TPSA) is 54.9 Å². The van der Waals surface area contributed by atoms with Crippen LogP contribution in [-0.2, 0) is 0 Å². The second-order valence-electron chi connectivity index (χ2n) is 5.96. The summed E-state index contributed by atoms with van der Waals surface area (Å²) in [6.45, 7) is 1.85. The van der Waals surface area contributed by atoms with Crippen molar-refractivity contribution < 1.29 is 13.6 Å². The minimum atomic E-state index is -1.06. The molecular formula is C20H13F2N3OS. The van der Waals surface area contributed by atoms with E-state index in [-0.39, 0.29) is 5.56 Å². The molecule has 0 aliphatic heterocycles. The largest absolute Gasteiger partial charge is 0.322 e. The van der Waals surface area contributed by atoms with Crippen LogP contribution < -0.4 is 5.32 Å². The number of aromatic nitrogens is 2. The van der Waals surface area contributed by atoms with Gasteiger partial charge in [-0.15, -0.1) is 0 Å². The highest BCUT2D eigenvalue weighted by molar-refractivity contribution is 7.21. The van der Waals surface area contributed by atoms with Gasteiger partial charge in [0.2, 0.25) is 0 Å². The first kappa shape index (κ1) is 17.2. The Morgan fingerprint density at radius 3 is 2.70 bits per heavy atom. The van der Waals surface area contributed by atoms with Crippen LogP contribution in [0.15, 0.2) is 54.7 Å². The summed E-state index contributed by atoms with van der Waals surface area (Å²) >= 11 is 1.46. The van der Waals surface area contributed by atoms with Gasteiger partial charge >= 0.3 is 0 Å². The van der Waals surface area contributed by atoms with E-state index in [2.05, 4.69) is 15.3 Å². The van der Waals surface area contributed by atoms with E-state index in [1.807, 2.05) is 37.3 Å². The average Bonchev–Trinajstić information content (AvgIpc) is 3.10.